The third-order valence-electron chi connectivity index (χ3n) is 11.0. The van der Waals surface area contributed by atoms with Crippen molar-refractivity contribution in [3.8, 4) is 0 Å². The summed E-state index contributed by atoms with van der Waals surface area (Å²) in [6.45, 7) is 15.1. The van der Waals surface area contributed by atoms with E-state index in [0.717, 1.165) is 13.1 Å². The minimum atomic E-state index is -1.36. The van der Waals surface area contributed by atoms with E-state index in [1.54, 1.807) is 29.2 Å². The standard InChI is InChI=1S/C39H55BrN4O9/c1-6-8-14-30(46)41-28(24-50-5)33(26-12-10-9-11-13-26)52-38(49)31-32-36(47)44(29(23-45)25(3)4)35(39(32)22-27(40)34(31)53-39)37(48)43(15-7-2)17-16-42-18-20-51-21-19-42/h6-7,9-13,25,27-29,31-35,45H,1-2,8,14-24H2,3-5H3,(H,41,46)/t27?,28-,29+,31+,32-,33-,34+,35+,39-/m1/s1. The second kappa shape index (κ2) is 18.5. The lowest BCUT2D eigenvalue weighted by molar-refractivity contribution is -0.163. The smallest absolute Gasteiger partial charge is 0.313 e. The van der Waals surface area contributed by atoms with Crippen molar-refractivity contribution in [3.63, 3.8) is 0 Å². The first-order valence-corrected chi connectivity index (χ1v) is 19.5. The number of carbonyl (C=O) groups excluding carboxylic acids is 4. The van der Waals surface area contributed by atoms with Crippen LogP contribution in [0.1, 0.15) is 44.8 Å². The van der Waals surface area contributed by atoms with Gasteiger partial charge in [0.15, 0.2) is 0 Å². The Morgan fingerprint density at radius 1 is 1.17 bits per heavy atom. The first kappa shape index (κ1) is 41.0. The van der Waals surface area contributed by atoms with Crippen LogP contribution in [-0.4, -0.2) is 144 Å². The van der Waals surface area contributed by atoms with Gasteiger partial charge in [-0.2, -0.15) is 0 Å². The van der Waals surface area contributed by atoms with Crippen LogP contribution in [0.15, 0.2) is 55.6 Å². The van der Waals surface area contributed by atoms with Crippen LogP contribution >= 0.6 is 15.9 Å². The maximum absolute atomic E-state index is 14.9. The number of ether oxygens (including phenoxy) is 4. The minimum absolute atomic E-state index is 0.0468. The molecule has 4 heterocycles. The van der Waals surface area contributed by atoms with Crippen LogP contribution < -0.4 is 5.32 Å². The van der Waals surface area contributed by atoms with E-state index < -0.39 is 59.6 Å². The Balaban J connectivity index is 1.50. The van der Waals surface area contributed by atoms with E-state index in [1.165, 1.54) is 12.0 Å². The number of methoxy groups -OCH3 is 1. The highest BCUT2D eigenvalue weighted by Crippen LogP contribution is 2.61. The van der Waals surface area contributed by atoms with E-state index in [1.807, 2.05) is 32.0 Å². The van der Waals surface area contributed by atoms with Gasteiger partial charge in [-0.25, -0.2) is 0 Å². The van der Waals surface area contributed by atoms with E-state index in [9.17, 15) is 24.3 Å². The fraction of sp³-hybridized carbons (Fsp3) is 0.641. The van der Waals surface area contributed by atoms with Gasteiger partial charge >= 0.3 is 5.97 Å². The van der Waals surface area contributed by atoms with E-state index in [4.69, 9.17) is 18.9 Å². The van der Waals surface area contributed by atoms with Crippen LogP contribution in [0, 0.1) is 17.8 Å². The number of hydrogen-bond donors (Lipinski definition) is 2. The van der Waals surface area contributed by atoms with Crippen molar-refractivity contribution in [1.82, 2.24) is 20.0 Å². The second-order valence-corrected chi connectivity index (χ2v) is 15.8. The Morgan fingerprint density at radius 2 is 1.89 bits per heavy atom. The molecule has 1 unspecified atom stereocenters. The summed E-state index contributed by atoms with van der Waals surface area (Å²) >= 11 is 3.75. The number of hydrogen-bond acceptors (Lipinski definition) is 10. The van der Waals surface area contributed by atoms with Gasteiger partial charge in [0.2, 0.25) is 17.7 Å². The van der Waals surface area contributed by atoms with Crippen molar-refractivity contribution in [2.45, 2.75) is 73.9 Å². The fourth-order valence-corrected chi connectivity index (χ4v) is 9.37. The Bertz CT molecular complexity index is 1460. The number of rotatable bonds is 19. The molecule has 4 fully saturated rings. The SMILES string of the molecule is C=CCCC(=O)N[C@H](COC)[C@H](OC(=O)[C@@H]1[C@H]2O[C@@]3(CC2Br)[C@H](C(=O)N(CC=C)CCN2CCOCC2)N([C@@H](CO)C(C)C)C(=O)[C@@H]13)c1ccccc1. The molecule has 3 amide bonds. The molecular weight excluding hydrogens is 748 g/mol. The van der Waals surface area contributed by atoms with E-state index in [2.05, 4.69) is 39.3 Å². The van der Waals surface area contributed by atoms with Crippen LogP contribution in [0.3, 0.4) is 0 Å². The molecule has 13 nitrogen and oxygen atoms in total. The summed E-state index contributed by atoms with van der Waals surface area (Å²) < 4.78 is 24.1. The number of amides is 3. The molecule has 9 atom stereocenters. The molecule has 0 aliphatic carbocycles. The molecule has 1 spiro atoms. The van der Waals surface area contributed by atoms with Crippen LogP contribution in [0.2, 0.25) is 0 Å². The second-order valence-electron chi connectivity index (χ2n) is 14.7. The number of carbonyl (C=O) groups is 4. The van der Waals surface area contributed by atoms with Crippen molar-refractivity contribution in [3.05, 3.63) is 61.2 Å². The molecule has 53 heavy (non-hydrogen) atoms. The van der Waals surface area contributed by atoms with Crippen molar-refractivity contribution in [2.24, 2.45) is 17.8 Å². The number of nitrogens with one attached hydrogen (secondary N) is 1. The van der Waals surface area contributed by atoms with Crippen molar-refractivity contribution in [1.29, 1.82) is 0 Å². The van der Waals surface area contributed by atoms with Gasteiger partial charge in [-0.15, -0.1) is 13.2 Å². The zero-order valence-electron chi connectivity index (χ0n) is 31.1. The highest BCUT2D eigenvalue weighted by Gasteiger charge is 2.77. The summed E-state index contributed by atoms with van der Waals surface area (Å²) in [4.78, 5) is 62.4. The van der Waals surface area contributed by atoms with Crippen molar-refractivity contribution < 1.29 is 43.2 Å². The van der Waals surface area contributed by atoms with Gasteiger partial charge in [-0.3, -0.25) is 24.1 Å². The summed E-state index contributed by atoms with van der Waals surface area (Å²) in [6, 6.07) is 6.52. The van der Waals surface area contributed by atoms with Gasteiger partial charge in [0, 0.05) is 51.1 Å². The van der Waals surface area contributed by atoms with E-state index in [0.29, 0.717) is 44.7 Å². The third kappa shape index (κ3) is 8.57. The number of fused-ring (bicyclic) bond motifs is 1. The minimum Gasteiger partial charge on any atom is -0.455 e. The summed E-state index contributed by atoms with van der Waals surface area (Å²) in [5, 5.41) is 13.6. The maximum Gasteiger partial charge on any atom is 0.313 e. The zero-order valence-corrected chi connectivity index (χ0v) is 32.7. The van der Waals surface area contributed by atoms with Crippen LogP contribution in [-0.2, 0) is 38.1 Å². The molecule has 14 heteroatoms. The lowest BCUT2D eigenvalue weighted by Gasteiger charge is -2.41. The van der Waals surface area contributed by atoms with Gasteiger partial charge < -0.3 is 39.2 Å². The molecule has 1 aromatic rings. The molecule has 1 aromatic carbocycles. The average molecular weight is 804 g/mol. The summed E-state index contributed by atoms with van der Waals surface area (Å²) in [5.41, 5.74) is -0.723. The fourth-order valence-electron chi connectivity index (χ4n) is 8.43. The molecule has 4 aliphatic heterocycles. The maximum atomic E-state index is 14.9. The van der Waals surface area contributed by atoms with Gasteiger partial charge in [0.25, 0.3) is 0 Å². The van der Waals surface area contributed by atoms with Gasteiger partial charge in [-0.1, -0.05) is 72.3 Å². The first-order chi connectivity index (χ1) is 25.5. The number of nitrogens with zero attached hydrogens (tertiary/aromatic N) is 3. The molecule has 2 N–H and O–H groups in total. The first-order valence-electron chi connectivity index (χ1n) is 18.6. The van der Waals surface area contributed by atoms with Crippen LogP contribution in [0.5, 0.6) is 0 Å². The molecule has 0 aromatic heterocycles. The lowest BCUT2D eigenvalue weighted by Crippen LogP contribution is -2.60. The quantitative estimate of drug-likeness (QED) is 0.122. The number of morpholine rings is 1. The number of likely N-dealkylation sites (tertiary alicyclic amines) is 1. The molecule has 0 saturated carbocycles. The third-order valence-corrected chi connectivity index (χ3v) is 11.8. The predicted molar refractivity (Wildman–Crippen MR) is 201 cm³/mol. The number of esters is 1. The topological polar surface area (TPSA) is 147 Å². The molecule has 4 saturated heterocycles. The van der Waals surface area contributed by atoms with Crippen molar-refractivity contribution in [2.75, 3.05) is 66.3 Å². The normalized spacial score (nSPS) is 28.3. The number of aliphatic hydroxyl groups is 1. The molecule has 0 radical (unpaired) electrons. The lowest BCUT2D eigenvalue weighted by atomic mass is 9.70. The Hall–Kier alpha value is -3.14. The number of allylic oxidation sites excluding steroid dienone is 1. The number of benzene rings is 1. The molecule has 4 aliphatic rings. The Morgan fingerprint density at radius 3 is 2.51 bits per heavy atom. The molecule has 5 rings (SSSR count). The number of halogens is 1. The largest absolute Gasteiger partial charge is 0.455 e. The van der Waals surface area contributed by atoms with Crippen LogP contribution in [0.4, 0.5) is 0 Å². The molecule has 2 bridgehead atoms. The summed E-state index contributed by atoms with van der Waals surface area (Å²) in [6.07, 6.45) is 2.57. The number of alkyl halides is 1. The highest BCUT2D eigenvalue weighted by atomic mass is 79.9. The van der Waals surface area contributed by atoms with Crippen LogP contribution in [0.25, 0.3) is 0 Å². The average Bonchev–Trinajstić information content (AvgIpc) is 3.75. The molecular formula is C39H55BrN4O9. The zero-order chi connectivity index (χ0) is 38.3. The Kier molecular flexibility index (Phi) is 14.3. The van der Waals surface area contributed by atoms with Crippen molar-refractivity contribution >= 4 is 39.6 Å². The monoisotopic (exact) mass is 802 g/mol. The highest BCUT2D eigenvalue weighted by molar-refractivity contribution is 9.09. The summed E-state index contributed by atoms with van der Waals surface area (Å²) in [7, 11) is 1.50. The summed E-state index contributed by atoms with van der Waals surface area (Å²) in [5.74, 6) is -3.99. The molecule has 292 valence electrons. The van der Waals surface area contributed by atoms with Gasteiger partial charge in [0.1, 0.15) is 17.7 Å². The van der Waals surface area contributed by atoms with E-state index >= 15 is 0 Å². The van der Waals surface area contributed by atoms with E-state index in [-0.39, 0.29) is 48.7 Å². The predicted octanol–water partition coefficient (Wildman–Crippen LogP) is 2.48. The van der Waals surface area contributed by atoms with Gasteiger partial charge in [0.05, 0.1) is 56.5 Å². The number of aliphatic hydroxyl groups excluding tert-OH is 1. The van der Waals surface area contributed by atoms with Gasteiger partial charge in [-0.05, 0) is 24.3 Å². The Labute approximate surface area is 321 Å².